The lowest BCUT2D eigenvalue weighted by Gasteiger charge is -2.28. The monoisotopic (exact) mass is 393 g/mol. The fourth-order valence-corrected chi connectivity index (χ4v) is 5.01. The van der Waals surface area contributed by atoms with E-state index in [-0.39, 0.29) is 36.4 Å². The molecule has 0 spiro atoms. The highest BCUT2D eigenvalue weighted by molar-refractivity contribution is 7.91. The smallest absolute Gasteiger partial charge is 0.227 e. The van der Waals surface area contributed by atoms with Crippen LogP contribution in [0.25, 0.3) is 0 Å². The SMILES string of the molecule is COc1ccc(CC(=O)N(Cc2ccco2)C2CCS(=O)(=O)C2)c(OC)c1. The lowest BCUT2D eigenvalue weighted by atomic mass is 10.1. The minimum Gasteiger partial charge on any atom is -0.497 e. The molecule has 0 radical (unpaired) electrons. The Bertz CT molecular complexity index is 891. The summed E-state index contributed by atoms with van der Waals surface area (Å²) in [6.07, 6.45) is 2.08. The van der Waals surface area contributed by atoms with Gasteiger partial charge in [0.05, 0.1) is 45.0 Å². The lowest BCUT2D eigenvalue weighted by Crippen LogP contribution is -2.41. The van der Waals surface area contributed by atoms with Crippen LogP contribution in [0.15, 0.2) is 41.0 Å². The van der Waals surface area contributed by atoms with Crippen LogP contribution in [0.5, 0.6) is 11.5 Å². The molecule has 1 aromatic heterocycles. The summed E-state index contributed by atoms with van der Waals surface area (Å²) >= 11 is 0. The summed E-state index contributed by atoms with van der Waals surface area (Å²) in [5, 5.41) is 0. The van der Waals surface area contributed by atoms with Crippen molar-refractivity contribution >= 4 is 15.7 Å². The molecule has 27 heavy (non-hydrogen) atoms. The van der Waals surface area contributed by atoms with Gasteiger partial charge in [-0.05, 0) is 24.6 Å². The summed E-state index contributed by atoms with van der Waals surface area (Å²) in [4.78, 5) is 14.7. The van der Waals surface area contributed by atoms with Crippen LogP contribution in [0, 0.1) is 0 Å². The van der Waals surface area contributed by atoms with Crippen LogP contribution < -0.4 is 9.47 Å². The second-order valence-electron chi connectivity index (χ2n) is 6.51. The molecular formula is C19H23NO6S. The predicted molar refractivity (Wildman–Crippen MR) is 99.6 cm³/mol. The number of methoxy groups -OCH3 is 2. The molecule has 0 saturated carbocycles. The molecule has 3 rings (SSSR count). The Morgan fingerprint density at radius 1 is 1.26 bits per heavy atom. The van der Waals surface area contributed by atoms with E-state index in [1.807, 2.05) is 0 Å². The van der Waals surface area contributed by atoms with Crippen LogP contribution >= 0.6 is 0 Å². The summed E-state index contributed by atoms with van der Waals surface area (Å²) in [5.74, 6) is 1.73. The molecule has 1 aliphatic rings. The Balaban J connectivity index is 1.82. The van der Waals surface area contributed by atoms with E-state index in [9.17, 15) is 13.2 Å². The van der Waals surface area contributed by atoms with E-state index >= 15 is 0 Å². The van der Waals surface area contributed by atoms with Gasteiger partial charge < -0.3 is 18.8 Å². The molecule has 2 aromatic rings. The van der Waals surface area contributed by atoms with Gasteiger partial charge in [-0.15, -0.1) is 0 Å². The fourth-order valence-electron chi connectivity index (χ4n) is 3.27. The first-order chi connectivity index (χ1) is 12.9. The maximum atomic E-state index is 13.1. The first kappa shape index (κ1) is 19.3. The minimum absolute atomic E-state index is 0.0147. The third-order valence-corrected chi connectivity index (χ3v) is 6.46. The molecule has 2 heterocycles. The molecule has 8 heteroatoms. The number of benzene rings is 1. The topological polar surface area (TPSA) is 86.0 Å². The maximum Gasteiger partial charge on any atom is 0.227 e. The number of rotatable bonds is 7. The normalized spacial score (nSPS) is 18.2. The Hall–Kier alpha value is -2.48. The van der Waals surface area contributed by atoms with Gasteiger partial charge in [-0.1, -0.05) is 6.07 Å². The van der Waals surface area contributed by atoms with E-state index in [2.05, 4.69) is 0 Å². The second kappa shape index (κ2) is 8.04. The van der Waals surface area contributed by atoms with Gasteiger partial charge in [-0.25, -0.2) is 8.42 Å². The zero-order valence-corrected chi connectivity index (χ0v) is 16.2. The van der Waals surface area contributed by atoms with Crippen molar-refractivity contribution in [2.24, 2.45) is 0 Å². The first-order valence-electron chi connectivity index (χ1n) is 8.65. The summed E-state index contributed by atoms with van der Waals surface area (Å²) in [6, 6.07) is 8.44. The number of carbonyl (C=O) groups is 1. The maximum absolute atomic E-state index is 13.1. The quantitative estimate of drug-likeness (QED) is 0.716. The standard InChI is InChI=1S/C19H23NO6S/c1-24-16-6-5-14(18(11-16)25-2)10-19(21)20(12-17-4-3-8-26-17)15-7-9-27(22,23)13-15/h3-6,8,11,15H,7,9-10,12-13H2,1-2H3. The largest absolute Gasteiger partial charge is 0.497 e. The van der Waals surface area contributed by atoms with Gasteiger partial charge in [-0.2, -0.15) is 0 Å². The molecular weight excluding hydrogens is 370 g/mol. The summed E-state index contributed by atoms with van der Waals surface area (Å²) in [7, 11) is -0.0179. The Labute approximate surface area is 158 Å². The van der Waals surface area contributed by atoms with E-state index in [1.54, 1.807) is 42.3 Å². The van der Waals surface area contributed by atoms with Crippen molar-refractivity contribution in [2.75, 3.05) is 25.7 Å². The van der Waals surface area contributed by atoms with Crippen LogP contribution in [-0.4, -0.2) is 51.0 Å². The molecule has 1 saturated heterocycles. The number of hydrogen-bond acceptors (Lipinski definition) is 6. The van der Waals surface area contributed by atoms with Gasteiger partial charge in [0, 0.05) is 17.7 Å². The van der Waals surface area contributed by atoms with Crippen LogP contribution in [-0.2, 0) is 27.6 Å². The van der Waals surface area contributed by atoms with Crippen LogP contribution in [0.3, 0.4) is 0 Å². The van der Waals surface area contributed by atoms with Crippen molar-refractivity contribution in [1.29, 1.82) is 0 Å². The number of sulfone groups is 1. The van der Waals surface area contributed by atoms with Crippen molar-refractivity contribution in [2.45, 2.75) is 25.4 Å². The molecule has 1 aliphatic heterocycles. The average molecular weight is 393 g/mol. The Morgan fingerprint density at radius 3 is 2.67 bits per heavy atom. The van der Waals surface area contributed by atoms with Gasteiger partial charge in [0.25, 0.3) is 0 Å². The summed E-state index contributed by atoms with van der Waals surface area (Å²) in [6.45, 7) is 0.241. The van der Waals surface area contributed by atoms with E-state index in [0.717, 1.165) is 0 Å². The minimum atomic E-state index is -3.11. The zero-order valence-electron chi connectivity index (χ0n) is 15.4. The van der Waals surface area contributed by atoms with Gasteiger partial charge in [0.15, 0.2) is 9.84 Å². The molecule has 146 valence electrons. The molecule has 1 aromatic carbocycles. The molecule has 1 unspecified atom stereocenters. The zero-order chi connectivity index (χ0) is 19.4. The number of amides is 1. The van der Waals surface area contributed by atoms with Crippen molar-refractivity contribution in [3.63, 3.8) is 0 Å². The van der Waals surface area contributed by atoms with Gasteiger partial charge in [0.2, 0.25) is 5.91 Å². The summed E-state index contributed by atoms with van der Waals surface area (Å²) < 4.78 is 39.7. The van der Waals surface area contributed by atoms with E-state index in [0.29, 0.717) is 29.2 Å². The highest BCUT2D eigenvalue weighted by Crippen LogP contribution is 2.27. The Kier molecular flexibility index (Phi) is 5.74. The summed E-state index contributed by atoms with van der Waals surface area (Å²) in [5.41, 5.74) is 0.716. The molecule has 0 N–H and O–H groups in total. The van der Waals surface area contributed by atoms with Crippen molar-refractivity contribution < 1.29 is 27.1 Å². The third kappa shape index (κ3) is 4.63. The third-order valence-electron chi connectivity index (χ3n) is 4.71. The van der Waals surface area contributed by atoms with Gasteiger partial charge in [0.1, 0.15) is 17.3 Å². The number of nitrogens with zero attached hydrogens (tertiary/aromatic N) is 1. The van der Waals surface area contributed by atoms with Crippen LogP contribution in [0.1, 0.15) is 17.7 Å². The fraction of sp³-hybridized carbons (Fsp3) is 0.421. The Morgan fingerprint density at radius 2 is 2.07 bits per heavy atom. The van der Waals surface area contributed by atoms with Crippen molar-refractivity contribution in [1.82, 2.24) is 4.90 Å². The number of furan rings is 1. The molecule has 0 aliphatic carbocycles. The highest BCUT2D eigenvalue weighted by Gasteiger charge is 2.35. The van der Waals surface area contributed by atoms with Crippen molar-refractivity contribution in [3.05, 3.63) is 47.9 Å². The number of ether oxygens (including phenoxy) is 2. The van der Waals surface area contributed by atoms with Crippen molar-refractivity contribution in [3.8, 4) is 11.5 Å². The predicted octanol–water partition coefficient (Wildman–Crippen LogP) is 2.06. The van der Waals surface area contributed by atoms with E-state index in [1.165, 1.54) is 13.4 Å². The number of carbonyl (C=O) groups excluding carboxylic acids is 1. The number of hydrogen-bond donors (Lipinski definition) is 0. The first-order valence-corrected chi connectivity index (χ1v) is 10.5. The lowest BCUT2D eigenvalue weighted by molar-refractivity contribution is -0.133. The molecule has 0 bridgehead atoms. The van der Waals surface area contributed by atoms with E-state index in [4.69, 9.17) is 13.9 Å². The van der Waals surface area contributed by atoms with Crippen LogP contribution in [0.2, 0.25) is 0 Å². The molecule has 1 amide bonds. The highest BCUT2D eigenvalue weighted by atomic mass is 32.2. The van der Waals surface area contributed by atoms with Gasteiger partial charge in [-0.3, -0.25) is 4.79 Å². The van der Waals surface area contributed by atoms with E-state index < -0.39 is 9.84 Å². The second-order valence-corrected chi connectivity index (χ2v) is 8.74. The van der Waals surface area contributed by atoms with Crippen LogP contribution in [0.4, 0.5) is 0 Å². The molecule has 1 fully saturated rings. The molecule has 7 nitrogen and oxygen atoms in total. The van der Waals surface area contributed by atoms with Gasteiger partial charge >= 0.3 is 0 Å². The average Bonchev–Trinajstić information content (AvgIpc) is 3.28. The molecule has 1 atom stereocenters.